The Morgan fingerprint density at radius 1 is 1.20 bits per heavy atom. The van der Waals surface area contributed by atoms with Gasteiger partial charge in [0.25, 0.3) is 0 Å². The van der Waals surface area contributed by atoms with Crippen LogP contribution in [0.5, 0.6) is 0 Å². The largest absolute Gasteiger partial charge is 0.340 e. The Hall–Kier alpha value is -0.620. The highest BCUT2D eigenvalue weighted by atomic mass is 32.2. The predicted octanol–water partition coefficient (Wildman–Crippen LogP) is -1.05. The van der Waals surface area contributed by atoms with Crippen LogP contribution in [0.2, 0.25) is 0 Å². The van der Waals surface area contributed by atoms with E-state index >= 15 is 0 Å². The van der Waals surface area contributed by atoms with Gasteiger partial charge in [0.15, 0.2) is 9.84 Å². The lowest BCUT2D eigenvalue weighted by molar-refractivity contribution is -0.136. The first kappa shape index (κ1) is 10.9. The molecular formula is C9H16N2O3S. The molecule has 0 aromatic rings. The molecule has 0 N–H and O–H groups in total. The summed E-state index contributed by atoms with van der Waals surface area (Å²) in [7, 11) is -2.79. The molecule has 2 aliphatic heterocycles. The molecule has 0 bridgehead atoms. The molecule has 5 nitrogen and oxygen atoms in total. The van der Waals surface area contributed by atoms with Gasteiger partial charge in [-0.2, -0.15) is 0 Å². The van der Waals surface area contributed by atoms with Crippen LogP contribution in [0.4, 0.5) is 0 Å². The molecule has 0 unspecified atom stereocenters. The fraction of sp³-hybridized carbons (Fsp3) is 0.889. The molecule has 15 heavy (non-hydrogen) atoms. The van der Waals surface area contributed by atoms with Crippen LogP contribution in [0.15, 0.2) is 0 Å². The van der Waals surface area contributed by atoms with Gasteiger partial charge in [-0.05, 0) is 0 Å². The molecule has 0 aliphatic carbocycles. The highest BCUT2D eigenvalue weighted by Gasteiger charge is 2.35. The second-order valence-electron chi connectivity index (χ2n) is 4.27. The molecule has 86 valence electrons. The maximum absolute atomic E-state index is 11.2. The standard InChI is InChI=1S/C9H16N2O3S/c1-8(12)11-6-9(7-11)10-2-4-15(13,14)5-3-10/h9H,2-7H2,1H3. The van der Waals surface area contributed by atoms with Crippen LogP contribution in [0.3, 0.4) is 0 Å². The topological polar surface area (TPSA) is 57.7 Å². The quantitative estimate of drug-likeness (QED) is 0.579. The van der Waals surface area contributed by atoms with Crippen LogP contribution >= 0.6 is 0 Å². The van der Waals surface area contributed by atoms with E-state index in [2.05, 4.69) is 4.90 Å². The minimum absolute atomic E-state index is 0.107. The van der Waals surface area contributed by atoms with E-state index in [1.807, 2.05) is 0 Å². The van der Waals surface area contributed by atoms with Gasteiger partial charge in [0, 0.05) is 39.1 Å². The highest BCUT2D eigenvalue weighted by Crippen LogP contribution is 2.17. The third-order valence-electron chi connectivity index (χ3n) is 3.20. The van der Waals surface area contributed by atoms with Crippen molar-refractivity contribution in [2.45, 2.75) is 13.0 Å². The fourth-order valence-corrected chi connectivity index (χ4v) is 3.26. The van der Waals surface area contributed by atoms with Gasteiger partial charge in [-0.15, -0.1) is 0 Å². The summed E-state index contributed by atoms with van der Waals surface area (Å²) < 4.78 is 22.4. The van der Waals surface area contributed by atoms with Crippen LogP contribution in [0, 0.1) is 0 Å². The van der Waals surface area contributed by atoms with E-state index in [1.165, 1.54) is 0 Å². The van der Waals surface area contributed by atoms with Crippen molar-refractivity contribution in [3.05, 3.63) is 0 Å². The SMILES string of the molecule is CC(=O)N1CC(N2CCS(=O)(=O)CC2)C1. The Bertz CT molecular complexity index is 346. The van der Waals surface area contributed by atoms with Crippen LogP contribution in [0.1, 0.15) is 6.92 Å². The van der Waals surface area contributed by atoms with Crippen molar-refractivity contribution < 1.29 is 13.2 Å². The van der Waals surface area contributed by atoms with Gasteiger partial charge in [-0.3, -0.25) is 9.69 Å². The molecule has 2 heterocycles. The minimum Gasteiger partial charge on any atom is -0.340 e. The molecule has 0 saturated carbocycles. The molecule has 0 spiro atoms. The Morgan fingerprint density at radius 2 is 1.73 bits per heavy atom. The first-order valence-corrected chi connectivity index (χ1v) is 7.00. The summed E-state index contributed by atoms with van der Waals surface area (Å²) >= 11 is 0. The van der Waals surface area contributed by atoms with E-state index in [0.717, 1.165) is 13.1 Å². The Kier molecular flexibility index (Phi) is 2.72. The molecule has 0 atom stereocenters. The summed E-state index contributed by atoms with van der Waals surface area (Å²) in [4.78, 5) is 14.9. The Labute approximate surface area is 90.0 Å². The highest BCUT2D eigenvalue weighted by molar-refractivity contribution is 7.91. The summed E-state index contributed by atoms with van der Waals surface area (Å²) in [5, 5.41) is 0. The van der Waals surface area contributed by atoms with E-state index in [1.54, 1.807) is 11.8 Å². The van der Waals surface area contributed by atoms with Crippen LogP contribution in [-0.4, -0.2) is 67.9 Å². The maximum atomic E-state index is 11.2. The van der Waals surface area contributed by atoms with Crippen LogP contribution < -0.4 is 0 Å². The number of likely N-dealkylation sites (tertiary alicyclic amines) is 1. The van der Waals surface area contributed by atoms with Crippen molar-refractivity contribution in [3.63, 3.8) is 0 Å². The first-order chi connectivity index (χ1) is 6.98. The number of carbonyl (C=O) groups is 1. The number of sulfone groups is 1. The number of hydrogen-bond donors (Lipinski definition) is 0. The van der Waals surface area contributed by atoms with E-state index in [0.29, 0.717) is 19.1 Å². The predicted molar refractivity (Wildman–Crippen MR) is 56.3 cm³/mol. The van der Waals surface area contributed by atoms with Crippen molar-refractivity contribution in [3.8, 4) is 0 Å². The van der Waals surface area contributed by atoms with Gasteiger partial charge in [-0.25, -0.2) is 8.42 Å². The lowest BCUT2D eigenvalue weighted by Crippen LogP contribution is -2.62. The average molecular weight is 232 g/mol. The van der Waals surface area contributed by atoms with Crippen molar-refractivity contribution in [1.29, 1.82) is 0 Å². The summed E-state index contributed by atoms with van der Waals surface area (Å²) in [5.74, 6) is 0.642. The lowest BCUT2D eigenvalue weighted by atomic mass is 10.1. The van der Waals surface area contributed by atoms with Crippen molar-refractivity contribution in [1.82, 2.24) is 9.80 Å². The summed E-state index contributed by atoms with van der Waals surface area (Å²) in [5.41, 5.74) is 0. The van der Waals surface area contributed by atoms with Gasteiger partial charge in [0.1, 0.15) is 0 Å². The molecule has 1 amide bonds. The molecule has 2 aliphatic rings. The van der Waals surface area contributed by atoms with Gasteiger partial charge in [0.05, 0.1) is 11.5 Å². The van der Waals surface area contributed by atoms with Gasteiger partial charge >= 0.3 is 0 Å². The summed E-state index contributed by atoms with van der Waals surface area (Å²) in [6.45, 7) is 4.33. The van der Waals surface area contributed by atoms with Crippen LogP contribution in [0.25, 0.3) is 0 Å². The Balaban J connectivity index is 1.82. The number of amides is 1. The van der Waals surface area contributed by atoms with Crippen molar-refractivity contribution in [2.24, 2.45) is 0 Å². The van der Waals surface area contributed by atoms with E-state index in [4.69, 9.17) is 0 Å². The van der Waals surface area contributed by atoms with Crippen molar-refractivity contribution in [2.75, 3.05) is 37.7 Å². The van der Waals surface area contributed by atoms with Gasteiger partial charge in [0.2, 0.25) is 5.91 Å². The smallest absolute Gasteiger partial charge is 0.219 e. The number of carbonyl (C=O) groups excluding carboxylic acids is 1. The first-order valence-electron chi connectivity index (χ1n) is 5.18. The normalized spacial score (nSPS) is 27.4. The maximum Gasteiger partial charge on any atom is 0.219 e. The zero-order valence-corrected chi connectivity index (χ0v) is 9.66. The second-order valence-corrected chi connectivity index (χ2v) is 6.57. The third kappa shape index (κ3) is 2.31. The molecule has 0 aromatic heterocycles. The Morgan fingerprint density at radius 3 is 2.20 bits per heavy atom. The van der Waals surface area contributed by atoms with E-state index < -0.39 is 9.84 Å². The molecule has 0 aromatic carbocycles. The molecular weight excluding hydrogens is 216 g/mol. The average Bonchev–Trinajstić information content (AvgIpc) is 2.04. The minimum atomic E-state index is -2.79. The molecule has 0 radical (unpaired) electrons. The molecule has 2 fully saturated rings. The molecule has 6 heteroatoms. The second kappa shape index (κ2) is 3.75. The zero-order chi connectivity index (χ0) is 11.1. The fourth-order valence-electron chi connectivity index (χ4n) is 2.04. The number of nitrogens with zero attached hydrogens (tertiary/aromatic N) is 2. The van der Waals surface area contributed by atoms with Crippen LogP contribution in [-0.2, 0) is 14.6 Å². The molecule has 2 saturated heterocycles. The van der Waals surface area contributed by atoms with E-state index in [9.17, 15) is 13.2 Å². The lowest BCUT2D eigenvalue weighted by Gasteiger charge is -2.46. The molecule has 2 rings (SSSR count). The van der Waals surface area contributed by atoms with Crippen molar-refractivity contribution >= 4 is 15.7 Å². The zero-order valence-electron chi connectivity index (χ0n) is 8.85. The summed E-state index contributed by atoms with van der Waals surface area (Å²) in [6.07, 6.45) is 0. The summed E-state index contributed by atoms with van der Waals surface area (Å²) in [6, 6.07) is 0.379. The monoisotopic (exact) mass is 232 g/mol. The third-order valence-corrected chi connectivity index (χ3v) is 4.81. The number of rotatable bonds is 1. The number of hydrogen-bond acceptors (Lipinski definition) is 4. The van der Waals surface area contributed by atoms with Gasteiger partial charge in [-0.1, -0.05) is 0 Å². The van der Waals surface area contributed by atoms with E-state index in [-0.39, 0.29) is 17.4 Å². The van der Waals surface area contributed by atoms with Gasteiger partial charge < -0.3 is 4.90 Å².